The molecular weight excluding hydrogens is 515 g/mol. The number of anilines is 1. The van der Waals surface area contributed by atoms with Crippen LogP contribution in [0.1, 0.15) is 56.5 Å². The van der Waals surface area contributed by atoms with Crippen molar-refractivity contribution in [3.05, 3.63) is 59.9 Å². The highest BCUT2D eigenvalue weighted by atomic mass is 32.2. The molecule has 2 heterocycles. The zero-order valence-corrected chi connectivity index (χ0v) is 22.1. The predicted molar refractivity (Wildman–Crippen MR) is 140 cm³/mol. The molecule has 5 rings (SSSR count). The maximum Gasteiger partial charge on any atom is 0.416 e. The van der Waals surface area contributed by atoms with Gasteiger partial charge in [0.05, 0.1) is 22.0 Å². The van der Waals surface area contributed by atoms with Crippen molar-refractivity contribution in [3.63, 3.8) is 0 Å². The van der Waals surface area contributed by atoms with E-state index in [1.54, 1.807) is 0 Å². The number of nitrogens with zero attached hydrogens (tertiary/aromatic N) is 4. The summed E-state index contributed by atoms with van der Waals surface area (Å²) in [4.78, 5) is 11.8. The Morgan fingerprint density at radius 3 is 2.24 bits per heavy atom. The number of benzene rings is 2. The van der Waals surface area contributed by atoms with E-state index in [1.165, 1.54) is 23.6 Å². The summed E-state index contributed by atoms with van der Waals surface area (Å²) < 4.78 is 66.1. The fraction of sp³-hybridized carbons (Fsp3) is 0.481. The lowest BCUT2D eigenvalue weighted by atomic mass is 9.95. The number of fused-ring (bicyclic) bond motifs is 1. The molecule has 0 radical (unpaired) electrons. The SMILES string of the molecule is CC(c1nc(NC2CCCCC2)c2ccccc2n1)N1CCN(S(=O)(=O)c2ccc(C(F)(F)F)cc2)CC1. The van der Waals surface area contributed by atoms with E-state index in [0.29, 0.717) is 25.0 Å². The highest BCUT2D eigenvalue weighted by molar-refractivity contribution is 7.89. The smallest absolute Gasteiger partial charge is 0.367 e. The molecule has 2 aromatic carbocycles. The fourth-order valence-corrected chi connectivity index (χ4v) is 6.71. The number of rotatable bonds is 6. The number of aromatic nitrogens is 2. The molecule has 0 spiro atoms. The van der Waals surface area contributed by atoms with Crippen LogP contribution < -0.4 is 5.32 Å². The molecule has 1 atom stereocenters. The van der Waals surface area contributed by atoms with Gasteiger partial charge in [0, 0.05) is 37.6 Å². The first kappa shape index (κ1) is 26.8. The quantitative estimate of drug-likeness (QED) is 0.442. The Labute approximate surface area is 221 Å². The monoisotopic (exact) mass is 547 g/mol. The molecule has 1 aromatic heterocycles. The van der Waals surface area contributed by atoms with Gasteiger partial charge in [0.1, 0.15) is 11.6 Å². The molecule has 1 aliphatic heterocycles. The van der Waals surface area contributed by atoms with Gasteiger partial charge < -0.3 is 5.32 Å². The Balaban J connectivity index is 1.30. The summed E-state index contributed by atoms with van der Waals surface area (Å²) in [5, 5.41) is 4.64. The zero-order valence-electron chi connectivity index (χ0n) is 21.3. The van der Waals surface area contributed by atoms with Crippen LogP contribution in [0.3, 0.4) is 0 Å². The Bertz CT molecular complexity index is 1370. The van der Waals surface area contributed by atoms with Gasteiger partial charge >= 0.3 is 6.18 Å². The summed E-state index contributed by atoms with van der Waals surface area (Å²) in [6.07, 6.45) is 1.43. The number of piperazine rings is 1. The van der Waals surface area contributed by atoms with Crippen LogP contribution in [0, 0.1) is 0 Å². The lowest BCUT2D eigenvalue weighted by molar-refractivity contribution is -0.137. The Morgan fingerprint density at radius 2 is 1.58 bits per heavy atom. The largest absolute Gasteiger partial charge is 0.416 e. The van der Waals surface area contributed by atoms with Crippen LogP contribution >= 0.6 is 0 Å². The number of hydrogen-bond donors (Lipinski definition) is 1. The third-order valence-electron chi connectivity index (χ3n) is 7.58. The number of sulfonamides is 1. The first-order valence-electron chi connectivity index (χ1n) is 13.1. The van der Waals surface area contributed by atoms with E-state index in [1.807, 2.05) is 31.2 Å². The third-order valence-corrected chi connectivity index (χ3v) is 9.49. The maximum absolute atomic E-state index is 13.1. The second kappa shape index (κ2) is 10.8. The molecule has 2 fully saturated rings. The van der Waals surface area contributed by atoms with E-state index in [0.717, 1.165) is 53.8 Å². The second-order valence-electron chi connectivity index (χ2n) is 10.1. The van der Waals surface area contributed by atoms with Gasteiger partial charge in [0.15, 0.2) is 0 Å². The molecule has 0 amide bonds. The topological polar surface area (TPSA) is 78.4 Å². The van der Waals surface area contributed by atoms with Crippen molar-refractivity contribution in [3.8, 4) is 0 Å². The highest BCUT2D eigenvalue weighted by Gasteiger charge is 2.34. The fourth-order valence-electron chi connectivity index (χ4n) is 5.29. The standard InChI is InChI=1S/C27H32F3N5O2S/c1-19(25-32-24-10-6-5-9-23(24)26(33-25)31-21-7-3-2-4-8-21)34-15-17-35(18-16-34)38(36,37)22-13-11-20(12-14-22)27(28,29)30/h5-6,9-14,19,21H,2-4,7-8,15-18H2,1H3,(H,31,32,33). The van der Waals surface area contributed by atoms with Gasteiger partial charge in [-0.3, -0.25) is 4.90 Å². The molecule has 0 bridgehead atoms. The van der Waals surface area contributed by atoms with Crippen molar-refractivity contribution in [1.29, 1.82) is 0 Å². The molecule has 1 unspecified atom stereocenters. The van der Waals surface area contributed by atoms with Gasteiger partial charge in [-0.1, -0.05) is 31.4 Å². The molecule has 1 saturated carbocycles. The van der Waals surface area contributed by atoms with E-state index >= 15 is 0 Å². The maximum atomic E-state index is 13.1. The Morgan fingerprint density at radius 1 is 0.921 bits per heavy atom. The summed E-state index contributed by atoms with van der Waals surface area (Å²) in [6.45, 7) is 3.41. The van der Waals surface area contributed by atoms with Gasteiger partial charge in [0.25, 0.3) is 0 Å². The second-order valence-corrected chi connectivity index (χ2v) is 12.0. The molecule has 2 aliphatic rings. The van der Waals surface area contributed by atoms with E-state index in [2.05, 4.69) is 10.2 Å². The molecule has 1 saturated heterocycles. The van der Waals surface area contributed by atoms with Gasteiger partial charge in [-0.05, 0) is 56.2 Å². The molecule has 1 N–H and O–H groups in total. The van der Waals surface area contributed by atoms with Crippen molar-refractivity contribution in [2.75, 3.05) is 31.5 Å². The average molecular weight is 548 g/mol. The minimum atomic E-state index is -4.51. The van der Waals surface area contributed by atoms with E-state index in [9.17, 15) is 21.6 Å². The normalized spacial score (nSPS) is 19.5. The van der Waals surface area contributed by atoms with Crippen LogP contribution in [0.25, 0.3) is 10.9 Å². The molecule has 1 aliphatic carbocycles. The summed E-state index contributed by atoms with van der Waals surface area (Å²) >= 11 is 0. The van der Waals surface area contributed by atoms with Crippen molar-refractivity contribution < 1.29 is 21.6 Å². The first-order chi connectivity index (χ1) is 18.1. The molecular formula is C27H32F3N5O2S. The molecule has 204 valence electrons. The number of alkyl halides is 3. The molecule has 38 heavy (non-hydrogen) atoms. The third kappa shape index (κ3) is 5.64. The van der Waals surface area contributed by atoms with Crippen molar-refractivity contribution in [1.82, 2.24) is 19.2 Å². The Hall–Kier alpha value is -2.76. The lowest BCUT2D eigenvalue weighted by Gasteiger charge is -2.37. The summed E-state index contributed by atoms with van der Waals surface area (Å²) in [7, 11) is -3.89. The summed E-state index contributed by atoms with van der Waals surface area (Å²) in [6, 6.07) is 11.9. The van der Waals surface area contributed by atoms with Crippen LogP contribution in [0.2, 0.25) is 0 Å². The van der Waals surface area contributed by atoms with Crippen molar-refractivity contribution in [2.24, 2.45) is 0 Å². The first-order valence-corrected chi connectivity index (χ1v) is 14.5. The zero-order chi connectivity index (χ0) is 26.9. The molecule has 3 aromatic rings. The Kier molecular flexibility index (Phi) is 7.61. The molecule has 7 nitrogen and oxygen atoms in total. The number of halogens is 3. The number of nitrogens with one attached hydrogen (secondary N) is 1. The highest BCUT2D eigenvalue weighted by Crippen LogP contribution is 2.31. The van der Waals surface area contributed by atoms with Crippen LogP contribution in [-0.2, 0) is 16.2 Å². The van der Waals surface area contributed by atoms with Crippen LogP contribution in [0.15, 0.2) is 53.4 Å². The van der Waals surface area contributed by atoms with Crippen LogP contribution in [-0.4, -0.2) is 59.8 Å². The minimum absolute atomic E-state index is 0.136. The summed E-state index contributed by atoms with van der Waals surface area (Å²) in [5.74, 6) is 1.52. The van der Waals surface area contributed by atoms with E-state index in [-0.39, 0.29) is 24.0 Å². The predicted octanol–water partition coefficient (Wildman–Crippen LogP) is 5.46. The van der Waals surface area contributed by atoms with Gasteiger partial charge in [-0.15, -0.1) is 0 Å². The van der Waals surface area contributed by atoms with Crippen LogP contribution in [0.5, 0.6) is 0 Å². The van der Waals surface area contributed by atoms with E-state index in [4.69, 9.17) is 9.97 Å². The molecule has 11 heteroatoms. The van der Waals surface area contributed by atoms with E-state index < -0.39 is 21.8 Å². The van der Waals surface area contributed by atoms with Gasteiger partial charge in [-0.25, -0.2) is 18.4 Å². The summed E-state index contributed by atoms with van der Waals surface area (Å²) in [5.41, 5.74) is -0.00555. The van der Waals surface area contributed by atoms with Gasteiger partial charge in [0.2, 0.25) is 10.0 Å². The van der Waals surface area contributed by atoms with Crippen molar-refractivity contribution >= 4 is 26.7 Å². The number of para-hydroxylation sites is 1. The minimum Gasteiger partial charge on any atom is -0.367 e. The van der Waals surface area contributed by atoms with Gasteiger partial charge in [-0.2, -0.15) is 17.5 Å². The van der Waals surface area contributed by atoms with Crippen molar-refractivity contribution in [2.45, 2.75) is 62.2 Å². The van der Waals surface area contributed by atoms with Crippen LogP contribution in [0.4, 0.5) is 19.0 Å². The average Bonchev–Trinajstić information content (AvgIpc) is 2.93. The lowest BCUT2D eigenvalue weighted by Crippen LogP contribution is -2.49. The number of hydrogen-bond acceptors (Lipinski definition) is 6.